The third-order valence-corrected chi connectivity index (χ3v) is 3.25. The third kappa shape index (κ3) is 14.3. The minimum absolute atomic E-state index is 0.839. The van der Waals surface area contributed by atoms with Crippen molar-refractivity contribution < 1.29 is 0 Å². The van der Waals surface area contributed by atoms with Gasteiger partial charge in [0.05, 0.1) is 0 Å². The Kier molecular flexibility index (Phi) is 14.6. The van der Waals surface area contributed by atoms with Crippen LogP contribution in [0.1, 0.15) is 84.0 Å². The molecule has 0 saturated heterocycles. The van der Waals surface area contributed by atoms with Crippen LogP contribution in [0.3, 0.4) is 0 Å². The summed E-state index contributed by atoms with van der Waals surface area (Å²) >= 11 is 5.51. The second-order valence-electron chi connectivity index (χ2n) is 4.58. The zero-order valence-corrected chi connectivity index (χ0v) is 11.3. The van der Waals surface area contributed by atoms with Gasteiger partial charge in [-0.3, -0.25) is 0 Å². The molecule has 0 N–H and O–H groups in total. The van der Waals surface area contributed by atoms with Crippen molar-refractivity contribution in [3.05, 3.63) is 0 Å². The van der Waals surface area contributed by atoms with Gasteiger partial charge in [-0.15, -0.1) is 11.6 Å². The van der Waals surface area contributed by atoms with Crippen LogP contribution in [0.2, 0.25) is 0 Å². The molecule has 0 aliphatic heterocycles. The zero-order chi connectivity index (χ0) is 11.2. The van der Waals surface area contributed by atoms with E-state index in [0.717, 1.165) is 5.88 Å². The topological polar surface area (TPSA) is 0 Å². The summed E-state index contributed by atoms with van der Waals surface area (Å²) in [5.41, 5.74) is 0. The summed E-state index contributed by atoms with van der Waals surface area (Å²) in [6, 6.07) is 0. The van der Waals surface area contributed by atoms with Crippen LogP contribution in [-0.4, -0.2) is 5.88 Å². The lowest BCUT2D eigenvalue weighted by Gasteiger charge is -2.05. The fraction of sp³-hybridized carbons (Fsp3) is 1.00. The molecule has 0 spiro atoms. The molecule has 0 aromatic heterocycles. The molecule has 1 saturated carbocycles. The fourth-order valence-electron chi connectivity index (χ4n) is 1.94. The number of alkyl halides is 1. The van der Waals surface area contributed by atoms with Gasteiger partial charge in [-0.2, -0.15) is 0 Å². The molecule has 0 aromatic carbocycles. The molecule has 0 amide bonds. The van der Waals surface area contributed by atoms with Crippen LogP contribution in [0.5, 0.6) is 0 Å². The molecular formula is C14H29Cl. The molecule has 0 unspecified atom stereocenters. The molecule has 1 heteroatoms. The minimum atomic E-state index is 0.839. The molecule has 0 aromatic rings. The van der Waals surface area contributed by atoms with Gasteiger partial charge in [0.2, 0.25) is 0 Å². The van der Waals surface area contributed by atoms with Gasteiger partial charge in [-0.05, 0) is 6.42 Å². The van der Waals surface area contributed by atoms with Crippen molar-refractivity contribution in [1.29, 1.82) is 0 Å². The Bertz CT molecular complexity index is 80.0. The maximum Gasteiger partial charge on any atom is 0.0223 e. The lowest BCUT2D eigenvalue weighted by atomic mass is 10.0. The zero-order valence-electron chi connectivity index (χ0n) is 10.6. The molecule has 0 nitrogen and oxygen atoms in total. The van der Waals surface area contributed by atoms with Crippen LogP contribution in [0.25, 0.3) is 0 Å². The SMILES string of the molecule is C1CCCCC1.CCCCCCCCCl. The van der Waals surface area contributed by atoms with E-state index < -0.39 is 0 Å². The first-order chi connectivity index (χ1) is 7.41. The Balaban J connectivity index is 0.000000280. The van der Waals surface area contributed by atoms with E-state index in [1.54, 1.807) is 0 Å². The molecule has 0 heterocycles. The molecule has 0 radical (unpaired) electrons. The number of halogens is 1. The van der Waals surface area contributed by atoms with Crippen molar-refractivity contribution in [2.75, 3.05) is 5.88 Å². The summed E-state index contributed by atoms with van der Waals surface area (Å²) in [7, 11) is 0. The van der Waals surface area contributed by atoms with Crippen LogP contribution in [0.15, 0.2) is 0 Å². The molecule has 0 atom stereocenters. The quantitative estimate of drug-likeness (QED) is 0.394. The predicted molar refractivity (Wildman–Crippen MR) is 71.8 cm³/mol. The molecule has 15 heavy (non-hydrogen) atoms. The second-order valence-corrected chi connectivity index (χ2v) is 4.96. The Labute approximate surface area is 102 Å². The highest BCUT2D eigenvalue weighted by molar-refractivity contribution is 6.17. The van der Waals surface area contributed by atoms with Gasteiger partial charge in [0, 0.05) is 5.88 Å². The molecule has 0 bridgehead atoms. The van der Waals surface area contributed by atoms with Crippen LogP contribution < -0.4 is 0 Å². The summed E-state index contributed by atoms with van der Waals surface area (Å²) in [5.74, 6) is 0.839. The average molecular weight is 233 g/mol. The van der Waals surface area contributed by atoms with E-state index in [9.17, 15) is 0 Å². The third-order valence-electron chi connectivity index (χ3n) is 2.99. The monoisotopic (exact) mass is 232 g/mol. The van der Waals surface area contributed by atoms with Gasteiger partial charge < -0.3 is 0 Å². The first-order valence-electron chi connectivity index (χ1n) is 6.97. The molecule has 92 valence electrons. The highest BCUT2D eigenvalue weighted by Crippen LogP contribution is 2.15. The van der Waals surface area contributed by atoms with Crippen LogP contribution in [-0.2, 0) is 0 Å². The summed E-state index contributed by atoms with van der Waals surface area (Å²) in [5, 5.41) is 0. The largest absolute Gasteiger partial charge is 0.127 e. The van der Waals surface area contributed by atoms with Crippen LogP contribution in [0.4, 0.5) is 0 Å². The highest BCUT2D eigenvalue weighted by atomic mass is 35.5. The lowest BCUT2D eigenvalue weighted by Crippen LogP contribution is -1.85. The van der Waals surface area contributed by atoms with Crippen molar-refractivity contribution in [2.45, 2.75) is 84.0 Å². The predicted octanol–water partition coefficient (Wildman–Crippen LogP) is 5.93. The molecule has 1 aliphatic carbocycles. The average Bonchev–Trinajstić information content (AvgIpc) is 2.32. The first-order valence-corrected chi connectivity index (χ1v) is 7.51. The van der Waals surface area contributed by atoms with Crippen molar-refractivity contribution in [1.82, 2.24) is 0 Å². The molecular weight excluding hydrogens is 204 g/mol. The number of unbranched alkanes of at least 4 members (excludes halogenated alkanes) is 5. The second kappa shape index (κ2) is 14.3. The Morgan fingerprint density at radius 1 is 0.667 bits per heavy atom. The van der Waals surface area contributed by atoms with Gasteiger partial charge in [0.1, 0.15) is 0 Å². The smallest absolute Gasteiger partial charge is 0.0223 e. The van der Waals surface area contributed by atoms with E-state index >= 15 is 0 Å². The van der Waals surface area contributed by atoms with E-state index in [1.165, 1.54) is 77.0 Å². The van der Waals surface area contributed by atoms with Crippen molar-refractivity contribution in [2.24, 2.45) is 0 Å². The Hall–Kier alpha value is 0.290. The minimum Gasteiger partial charge on any atom is -0.127 e. The highest BCUT2D eigenvalue weighted by Gasteiger charge is 1.95. The van der Waals surface area contributed by atoms with Gasteiger partial charge in [-0.1, -0.05) is 77.6 Å². The van der Waals surface area contributed by atoms with Gasteiger partial charge in [0.25, 0.3) is 0 Å². The molecule has 1 fully saturated rings. The van der Waals surface area contributed by atoms with E-state index in [1.807, 2.05) is 0 Å². The van der Waals surface area contributed by atoms with E-state index in [-0.39, 0.29) is 0 Å². The van der Waals surface area contributed by atoms with Crippen molar-refractivity contribution >= 4 is 11.6 Å². The lowest BCUT2D eigenvalue weighted by molar-refractivity contribution is 0.504. The van der Waals surface area contributed by atoms with E-state index in [2.05, 4.69) is 6.92 Å². The van der Waals surface area contributed by atoms with Crippen molar-refractivity contribution in [3.8, 4) is 0 Å². The summed E-state index contributed by atoms with van der Waals surface area (Å²) in [4.78, 5) is 0. The maximum absolute atomic E-state index is 5.51. The van der Waals surface area contributed by atoms with Gasteiger partial charge in [0.15, 0.2) is 0 Å². The Morgan fingerprint density at radius 2 is 1.07 bits per heavy atom. The standard InChI is InChI=1S/C8H17Cl.C6H12/c1-2-3-4-5-6-7-8-9;1-2-4-6-5-3-1/h2-8H2,1H3;1-6H2. The van der Waals surface area contributed by atoms with Crippen LogP contribution >= 0.6 is 11.6 Å². The number of hydrogen-bond donors (Lipinski definition) is 0. The summed E-state index contributed by atoms with van der Waals surface area (Å²) in [6.45, 7) is 2.24. The van der Waals surface area contributed by atoms with E-state index in [4.69, 9.17) is 11.6 Å². The summed E-state index contributed by atoms with van der Waals surface area (Å²) in [6.07, 6.45) is 17.0. The Morgan fingerprint density at radius 3 is 1.47 bits per heavy atom. The maximum atomic E-state index is 5.51. The van der Waals surface area contributed by atoms with Gasteiger partial charge >= 0.3 is 0 Å². The normalized spacial score (nSPS) is 15.6. The fourth-order valence-corrected chi connectivity index (χ4v) is 2.12. The molecule has 1 rings (SSSR count). The van der Waals surface area contributed by atoms with Gasteiger partial charge in [-0.25, -0.2) is 0 Å². The van der Waals surface area contributed by atoms with Crippen LogP contribution in [0, 0.1) is 0 Å². The van der Waals surface area contributed by atoms with E-state index in [0.29, 0.717) is 0 Å². The number of hydrogen-bond acceptors (Lipinski definition) is 0. The first kappa shape index (κ1) is 15.3. The number of rotatable bonds is 6. The summed E-state index contributed by atoms with van der Waals surface area (Å²) < 4.78 is 0. The van der Waals surface area contributed by atoms with Crippen molar-refractivity contribution in [3.63, 3.8) is 0 Å². The molecule has 1 aliphatic rings.